The molecule has 1 aliphatic rings. The lowest BCUT2D eigenvalue weighted by Crippen LogP contribution is -2.36. The number of ether oxygens (including phenoxy) is 1. The summed E-state index contributed by atoms with van der Waals surface area (Å²) < 4.78 is 4.97. The van der Waals surface area contributed by atoms with Crippen molar-refractivity contribution in [1.82, 2.24) is 5.32 Å². The van der Waals surface area contributed by atoms with Gasteiger partial charge in [-0.1, -0.05) is 13.8 Å². The number of hydrogen-bond acceptors (Lipinski definition) is 2. The average Bonchev–Trinajstić information content (AvgIpc) is 2.00. The van der Waals surface area contributed by atoms with E-state index in [1.165, 1.54) is 19.4 Å². The van der Waals surface area contributed by atoms with Crippen molar-refractivity contribution < 1.29 is 4.74 Å². The fraction of sp³-hybridized carbons (Fsp3) is 1.00. The molecule has 0 atom stereocenters. The second kappa shape index (κ2) is 5.61. The molecule has 0 saturated heterocycles. The molecular formula is C11H23NO. The highest BCUT2D eigenvalue weighted by molar-refractivity contribution is 4.82. The zero-order valence-electron chi connectivity index (χ0n) is 9.18. The molecule has 0 radical (unpaired) electrons. The number of methoxy groups -OCH3 is 1. The minimum atomic E-state index is 0.834. The monoisotopic (exact) mass is 185 g/mol. The summed E-state index contributed by atoms with van der Waals surface area (Å²) in [7, 11) is 1.75. The first-order valence-corrected chi connectivity index (χ1v) is 5.43. The van der Waals surface area contributed by atoms with Gasteiger partial charge in [0.1, 0.15) is 0 Å². The summed E-state index contributed by atoms with van der Waals surface area (Å²) in [6.45, 7) is 7.69. The maximum absolute atomic E-state index is 4.97. The molecule has 0 bridgehead atoms. The summed E-state index contributed by atoms with van der Waals surface area (Å²) >= 11 is 0. The van der Waals surface area contributed by atoms with Crippen molar-refractivity contribution in [3.63, 3.8) is 0 Å². The van der Waals surface area contributed by atoms with Crippen LogP contribution in [0.25, 0.3) is 0 Å². The first kappa shape index (κ1) is 11.0. The minimum Gasteiger partial charge on any atom is -0.383 e. The summed E-state index contributed by atoms with van der Waals surface area (Å²) in [5.74, 6) is 2.81. The standard InChI is InChI=1S/C11H23NO/c1-9(2)11-6-10(7-11)8-12-4-5-13-3/h9-12H,4-8H2,1-3H3. The van der Waals surface area contributed by atoms with Gasteiger partial charge in [-0.15, -0.1) is 0 Å². The van der Waals surface area contributed by atoms with Crippen molar-refractivity contribution in [3.05, 3.63) is 0 Å². The molecule has 1 saturated carbocycles. The molecule has 1 N–H and O–H groups in total. The zero-order valence-corrected chi connectivity index (χ0v) is 9.18. The number of rotatable bonds is 6. The quantitative estimate of drug-likeness (QED) is 0.638. The fourth-order valence-electron chi connectivity index (χ4n) is 1.98. The van der Waals surface area contributed by atoms with E-state index in [9.17, 15) is 0 Å². The third kappa shape index (κ3) is 3.65. The molecule has 13 heavy (non-hydrogen) atoms. The van der Waals surface area contributed by atoms with Gasteiger partial charge < -0.3 is 10.1 Å². The lowest BCUT2D eigenvalue weighted by Gasteiger charge is -2.38. The molecule has 0 spiro atoms. The van der Waals surface area contributed by atoms with Gasteiger partial charge in [0, 0.05) is 13.7 Å². The largest absolute Gasteiger partial charge is 0.383 e. The van der Waals surface area contributed by atoms with Gasteiger partial charge in [0.15, 0.2) is 0 Å². The van der Waals surface area contributed by atoms with Gasteiger partial charge in [-0.2, -0.15) is 0 Å². The summed E-state index contributed by atoms with van der Waals surface area (Å²) in [6, 6.07) is 0. The van der Waals surface area contributed by atoms with Gasteiger partial charge in [-0.3, -0.25) is 0 Å². The normalized spacial score (nSPS) is 27.7. The van der Waals surface area contributed by atoms with E-state index >= 15 is 0 Å². The Morgan fingerprint density at radius 1 is 1.38 bits per heavy atom. The predicted molar refractivity (Wildman–Crippen MR) is 55.8 cm³/mol. The summed E-state index contributed by atoms with van der Waals surface area (Å²) in [5.41, 5.74) is 0. The topological polar surface area (TPSA) is 21.3 Å². The SMILES string of the molecule is COCCNCC1CC(C(C)C)C1. The molecule has 1 aliphatic carbocycles. The van der Waals surface area contributed by atoms with Crippen LogP contribution in [0.5, 0.6) is 0 Å². The van der Waals surface area contributed by atoms with Crippen LogP contribution in [0.2, 0.25) is 0 Å². The van der Waals surface area contributed by atoms with E-state index < -0.39 is 0 Å². The van der Waals surface area contributed by atoms with Crippen molar-refractivity contribution in [1.29, 1.82) is 0 Å². The van der Waals surface area contributed by atoms with Crippen LogP contribution in [-0.2, 0) is 4.74 Å². The van der Waals surface area contributed by atoms with Crippen LogP contribution in [0.15, 0.2) is 0 Å². The molecule has 0 aromatic carbocycles. The van der Waals surface area contributed by atoms with Gasteiger partial charge in [-0.05, 0) is 37.1 Å². The van der Waals surface area contributed by atoms with E-state index in [4.69, 9.17) is 4.74 Å². The first-order chi connectivity index (χ1) is 6.24. The van der Waals surface area contributed by atoms with E-state index in [0.29, 0.717) is 0 Å². The molecule has 1 fully saturated rings. The Morgan fingerprint density at radius 3 is 2.62 bits per heavy atom. The van der Waals surface area contributed by atoms with E-state index in [0.717, 1.165) is 30.9 Å². The Hall–Kier alpha value is -0.0800. The summed E-state index contributed by atoms with van der Waals surface area (Å²) in [5, 5.41) is 3.42. The fourth-order valence-corrected chi connectivity index (χ4v) is 1.98. The van der Waals surface area contributed by atoms with Crippen LogP contribution < -0.4 is 5.32 Å². The van der Waals surface area contributed by atoms with Crippen LogP contribution in [0.4, 0.5) is 0 Å². The second-order valence-electron chi connectivity index (χ2n) is 4.54. The zero-order chi connectivity index (χ0) is 9.68. The third-order valence-corrected chi connectivity index (χ3v) is 3.13. The minimum absolute atomic E-state index is 0.834. The maximum Gasteiger partial charge on any atom is 0.0587 e. The van der Waals surface area contributed by atoms with Crippen molar-refractivity contribution in [2.45, 2.75) is 26.7 Å². The molecule has 0 unspecified atom stereocenters. The molecule has 0 aliphatic heterocycles. The van der Waals surface area contributed by atoms with Crippen molar-refractivity contribution in [3.8, 4) is 0 Å². The molecule has 0 aromatic heterocycles. The molecule has 2 heteroatoms. The van der Waals surface area contributed by atoms with Crippen molar-refractivity contribution in [2.24, 2.45) is 17.8 Å². The first-order valence-electron chi connectivity index (χ1n) is 5.43. The molecule has 0 heterocycles. The second-order valence-corrected chi connectivity index (χ2v) is 4.54. The van der Waals surface area contributed by atoms with Crippen LogP contribution in [0.3, 0.4) is 0 Å². The molecular weight excluding hydrogens is 162 g/mol. The molecule has 2 nitrogen and oxygen atoms in total. The highest BCUT2D eigenvalue weighted by atomic mass is 16.5. The van der Waals surface area contributed by atoms with Crippen LogP contribution in [0.1, 0.15) is 26.7 Å². The highest BCUT2D eigenvalue weighted by Gasteiger charge is 2.30. The van der Waals surface area contributed by atoms with Crippen LogP contribution in [0, 0.1) is 17.8 Å². The lowest BCUT2D eigenvalue weighted by molar-refractivity contribution is 0.134. The van der Waals surface area contributed by atoms with Gasteiger partial charge in [-0.25, -0.2) is 0 Å². The van der Waals surface area contributed by atoms with E-state index in [2.05, 4.69) is 19.2 Å². The van der Waals surface area contributed by atoms with Gasteiger partial charge >= 0.3 is 0 Å². The molecule has 1 rings (SSSR count). The Balaban J connectivity index is 1.90. The molecule has 78 valence electrons. The van der Waals surface area contributed by atoms with Gasteiger partial charge in [0.25, 0.3) is 0 Å². The number of hydrogen-bond donors (Lipinski definition) is 1. The van der Waals surface area contributed by atoms with Gasteiger partial charge in [0.05, 0.1) is 6.61 Å². The van der Waals surface area contributed by atoms with Crippen LogP contribution >= 0.6 is 0 Å². The van der Waals surface area contributed by atoms with E-state index in [-0.39, 0.29) is 0 Å². The summed E-state index contributed by atoms with van der Waals surface area (Å²) in [6.07, 6.45) is 2.86. The Bertz CT molecular complexity index is 130. The lowest BCUT2D eigenvalue weighted by atomic mass is 9.69. The molecule has 0 aromatic rings. The van der Waals surface area contributed by atoms with E-state index in [1.807, 2.05) is 0 Å². The smallest absolute Gasteiger partial charge is 0.0587 e. The predicted octanol–water partition coefficient (Wildman–Crippen LogP) is 1.90. The average molecular weight is 185 g/mol. The van der Waals surface area contributed by atoms with E-state index in [1.54, 1.807) is 7.11 Å². The van der Waals surface area contributed by atoms with Gasteiger partial charge in [0.2, 0.25) is 0 Å². The number of nitrogens with one attached hydrogen (secondary N) is 1. The Morgan fingerprint density at radius 2 is 2.08 bits per heavy atom. The Labute approximate surface area is 82.0 Å². The molecule has 0 amide bonds. The Kier molecular flexibility index (Phi) is 4.74. The maximum atomic E-state index is 4.97. The summed E-state index contributed by atoms with van der Waals surface area (Å²) in [4.78, 5) is 0. The van der Waals surface area contributed by atoms with Crippen molar-refractivity contribution >= 4 is 0 Å². The highest BCUT2D eigenvalue weighted by Crippen LogP contribution is 2.38. The van der Waals surface area contributed by atoms with Crippen molar-refractivity contribution in [2.75, 3.05) is 26.8 Å². The third-order valence-electron chi connectivity index (χ3n) is 3.13. The van der Waals surface area contributed by atoms with Crippen LogP contribution in [-0.4, -0.2) is 26.8 Å².